The molecule has 3 aromatic rings. The minimum absolute atomic E-state index is 0.0849. The van der Waals surface area contributed by atoms with Crippen LogP contribution in [-0.2, 0) is 0 Å². The van der Waals surface area contributed by atoms with E-state index in [1.54, 1.807) is 0 Å². The fraction of sp³-hybridized carbons (Fsp3) is 0.174. The van der Waals surface area contributed by atoms with Crippen molar-refractivity contribution in [2.24, 2.45) is 5.10 Å². The summed E-state index contributed by atoms with van der Waals surface area (Å²) in [4.78, 5) is 0. The topological polar surface area (TPSA) is 43.3 Å². The third-order valence-corrected chi connectivity index (χ3v) is 5.92. The normalized spacial score (nSPS) is 21.3. The van der Waals surface area contributed by atoms with Crippen LogP contribution in [0.2, 0.25) is 5.02 Å². The van der Waals surface area contributed by atoms with Crippen LogP contribution in [0.1, 0.15) is 35.4 Å². The summed E-state index contributed by atoms with van der Waals surface area (Å²) in [6, 6.07) is 22.0. The number of para-hydroxylation sites is 1. The lowest BCUT2D eigenvalue weighted by atomic mass is 9.96. The van der Waals surface area contributed by atoms with Crippen molar-refractivity contribution in [1.82, 2.24) is 5.01 Å². The van der Waals surface area contributed by atoms with Gasteiger partial charge in [0.25, 0.3) is 0 Å². The van der Waals surface area contributed by atoms with Crippen molar-refractivity contribution >= 4 is 17.3 Å². The van der Waals surface area contributed by atoms with E-state index >= 15 is 0 Å². The lowest BCUT2D eigenvalue weighted by Gasteiger charge is -2.38. The van der Waals surface area contributed by atoms with Gasteiger partial charge in [-0.2, -0.15) is 5.10 Å². The molecule has 0 aromatic heterocycles. The van der Waals surface area contributed by atoms with Crippen LogP contribution in [0.5, 0.6) is 17.2 Å². The van der Waals surface area contributed by atoms with Crippen LogP contribution in [0, 0.1) is 0 Å². The molecule has 2 atom stereocenters. The summed E-state index contributed by atoms with van der Waals surface area (Å²) < 4.78 is 17.3. The van der Waals surface area contributed by atoms with Gasteiger partial charge >= 0.3 is 0 Å². The number of benzene rings is 3. The van der Waals surface area contributed by atoms with E-state index in [1.807, 2.05) is 65.7 Å². The van der Waals surface area contributed by atoms with Crippen LogP contribution in [0.4, 0.5) is 0 Å². The van der Waals surface area contributed by atoms with E-state index in [4.69, 9.17) is 30.9 Å². The van der Waals surface area contributed by atoms with Gasteiger partial charge in [-0.1, -0.05) is 48.0 Å². The first-order chi connectivity index (χ1) is 14.3. The molecule has 0 unspecified atom stereocenters. The molecule has 0 radical (unpaired) electrons. The quantitative estimate of drug-likeness (QED) is 0.580. The number of rotatable bonds is 2. The van der Waals surface area contributed by atoms with Crippen molar-refractivity contribution in [3.8, 4) is 17.2 Å². The second-order valence-corrected chi connectivity index (χ2v) is 7.65. The van der Waals surface area contributed by atoms with Crippen molar-refractivity contribution in [2.75, 3.05) is 6.79 Å². The minimum atomic E-state index is -0.380. The fourth-order valence-corrected chi connectivity index (χ4v) is 4.39. The molecule has 29 heavy (non-hydrogen) atoms. The van der Waals surface area contributed by atoms with Crippen LogP contribution < -0.4 is 14.2 Å². The highest BCUT2D eigenvalue weighted by molar-refractivity contribution is 6.31. The smallest absolute Gasteiger partial charge is 0.231 e. The minimum Gasteiger partial charge on any atom is -0.464 e. The van der Waals surface area contributed by atoms with Crippen LogP contribution in [-0.4, -0.2) is 17.5 Å². The van der Waals surface area contributed by atoms with Crippen molar-refractivity contribution in [2.45, 2.75) is 18.7 Å². The zero-order valence-corrected chi connectivity index (χ0v) is 16.2. The number of hydrogen-bond acceptors (Lipinski definition) is 5. The Balaban J connectivity index is 1.45. The Morgan fingerprint density at radius 1 is 0.862 bits per heavy atom. The van der Waals surface area contributed by atoms with E-state index in [9.17, 15) is 0 Å². The van der Waals surface area contributed by atoms with Gasteiger partial charge in [0.15, 0.2) is 11.5 Å². The molecule has 5 nitrogen and oxygen atoms in total. The van der Waals surface area contributed by atoms with E-state index in [0.717, 1.165) is 46.1 Å². The molecule has 0 N–H and O–H groups in total. The van der Waals surface area contributed by atoms with Gasteiger partial charge in [-0.15, -0.1) is 0 Å². The predicted octanol–water partition coefficient (Wildman–Crippen LogP) is 5.31. The van der Waals surface area contributed by atoms with E-state index in [2.05, 4.69) is 6.07 Å². The van der Waals surface area contributed by atoms with Crippen molar-refractivity contribution < 1.29 is 14.2 Å². The molecular weight excluding hydrogens is 388 g/mol. The maximum Gasteiger partial charge on any atom is 0.231 e. The third-order valence-electron chi connectivity index (χ3n) is 5.58. The molecular formula is C23H17ClN2O3. The first-order valence-corrected chi connectivity index (χ1v) is 9.91. The number of nitrogens with zero attached hydrogens (tertiary/aromatic N) is 2. The Morgan fingerprint density at radius 3 is 2.55 bits per heavy atom. The molecule has 6 rings (SSSR count). The Kier molecular flexibility index (Phi) is 3.71. The molecule has 0 bridgehead atoms. The van der Waals surface area contributed by atoms with Gasteiger partial charge in [0.05, 0.1) is 11.8 Å². The first kappa shape index (κ1) is 16.7. The average molecular weight is 405 g/mol. The summed E-state index contributed by atoms with van der Waals surface area (Å²) >= 11 is 6.51. The summed E-state index contributed by atoms with van der Waals surface area (Å²) in [5.41, 5.74) is 4.06. The van der Waals surface area contributed by atoms with Gasteiger partial charge in [-0.25, -0.2) is 5.01 Å². The van der Waals surface area contributed by atoms with Crippen LogP contribution in [0.25, 0.3) is 0 Å². The zero-order chi connectivity index (χ0) is 19.4. The summed E-state index contributed by atoms with van der Waals surface area (Å²) in [5, 5.41) is 7.67. The molecule has 3 aliphatic heterocycles. The summed E-state index contributed by atoms with van der Waals surface area (Å²) in [5.74, 6) is 2.41. The van der Waals surface area contributed by atoms with Gasteiger partial charge in [0.2, 0.25) is 13.0 Å². The summed E-state index contributed by atoms with van der Waals surface area (Å²) in [6.07, 6.45) is 0.399. The highest BCUT2D eigenvalue weighted by Crippen LogP contribution is 2.48. The molecule has 0 spiro atoms. The Morgan fingerprint density at radius 2 is 1.66 bits per heavy atom. The highest BCUT2D eigenvalue weighted by Gasteiger charge is 2.41. The van der Waals surface area contributed by atoms with E-state index < -0.39 is 0 Å². The monoisotopic (exact) mass is 404 g/mol. The van der Waals surface area contributed by atoms with Gasteiger partial charge in [0, 0.05) is 28.1 Å². The summed E-state index contributed by atoms with van der Waals surface area (Å²) in [7, 11) is 0. The third kappa shape index (κ3) is 2.65. The van der Waals surface area contributed by atoms with E-state index in [-0.39, 0.29) is 19.1 Å². The van der Waals surface area contributed by atoms with Crippen molar-refractivity contribution in [3.05, 3.63) is 88.4 Å². The maximum absolute atomic E-state index is 6.51. The molecule has 6 heteroatoms. The lowest BCUT2D eigenvalue weighted by Crippen LogP contribution is -2.33. The largest absolute Gasteiger partial charge is 0.464 e. The highest BCUT2D eigenvalue weighted by atomic mass is 35.5. The Labute approximate surface area is 173 Å². The average Bonchev–Trinajstić information content (AvgIpc) is 3.40. The fourth-order valence-electron chi connectivity index (χ4n) is 4.17. The van der Waals surface area contributed by atoms with Gasteiger partial charge in [-0.05, 0) is 30.3 Å². The number of halogens is 1. The number of hydrazone groups is 1. The van der Waals surface area contributed by atoms with Crippen molar-refractivity contribution in [3.63, 3.8) is 0 Å². The molecule has 0 amide bonds. The SMILES string of the molecule is Clc1ccccc1[C@@H]1Oc2ccccc2[C@@H]2CC(c3ccc4c(c3)OCO4)=NN21. The van der Waals surface area contributed by atoms with Crippen LogP contribution in [0.3, 0.4) is 0 Å². The zero-order valence-electron chi connectivity index (χ0n) is 15.4. The van der Waals surface area contributed by atoms with E-state index in [0.29, 0.717) is 5.02 Å². The second kappa shape index (κ2) is 6.42. The lowest BCUT2D eigenvalue weighted by molar-refractivity contribution is -0.0189. The number of hydrogen-bond donors (Lipinski definition) is 0. The van der Waals surface area contributed by atoms with Gasteiger partial charge in [-0.3, -0.25) is 0 Å². The van der Waals surface area contributed by atoms with Gasteiger partial charge < -0.3 is 14.2 Å². The molecule has 3 aliphatic rings. The predicted molar refractivity (Wildman–Crippen MR) is 110 cm³/mol. The molecule has 0 aliphatic carbocycles. The van der Waals surface area contributed by atoms with Crippen LogP contribution >= 0.6 is 11.6 Å². The molecule has 0 saturated heterocycles. The number of fused-ring (bicyclic) bond motifs is 4. The van der Waals surface area contributed by atoms with Gasteiger partial charge in [0.1, 0.15) is 5.75 Å². The summed E-state index contributed by atoms with van der Waals surface area (Å²) in [6.45, 7) is 0.260. The molecule has 0 fully saturated rings. The van der Waals surface area contributed by atoms with Crippen LogP contribution in [0.15, 0.2) is 71.8 Å². The first-order valence-electron chi connectivity index (χ1n) is 9.54. The molecule has 3 heterocycles. The molecule has 3 aromatic carbocycles. The number of ether oxygens (including phenoxy) is 3. The Hall–Kier alpha value is -3.18. The molecule has 144 valence electrons. The van der Waals surface area contributed by atoms with E-state index in [1.165, 1.54) is 0 Å². The molecule has 0 saturated carbocycles. The Bertz CT molecular complexity index is 1150. The van der Waals surface area contributed by atoms with Crippen molar-refractivity contribution in [1.29, 1.82) is 0 Å². The standard InChI is InChI=1S/C23H17ClN2O3/c24-17-7-3-1-5-15(17)23-26-19(16-6-2-4-8-20(16)29-23)12-18(25-26)14-9-10-21-22(11-14)28-13-27-21/h1-11,19,23H,12-13H2/t19-,23-/m0/s1. The second-order valence-electron chi connectivity index (χ2n) is 7.24. The maximum atomic E-state index is 6.51.